The fraction of sp³-hybridized carbons (Fsp3) is 0.158. The maximum Gasteiger partial charge on any atom is 0.250 e. The van der Waals surface area contributed by atoms with Crippen molar-refractivity contribution in [1.82, 2.24) is 4.98 Å². The van der Waals surface area contributed by atoms with Crippen molar-refractivity contribution in [3.05, 3.63) is 64.4 Å². The number of nitrogens with zero attached hydrogens (tertiary/aromatic N) is 1. The molecule has 0 saturated carbocycles. The Labute approximate surface area is 144 Å². The summed E-state index contributed by atoms with van der Waals surface area (Å²) in [6, 6.07) is 9.84. The number of furan rings is 1. The minimum Gasteiger partial charge on any atom is -0.465 e. The van der Waals surface area contributed by atoms with Gasteiger partial charge >= 0.3 is 0 Å². The number of thiazole rings is 1. The molecule has 0 saturated heterocycles. The van der Waals surface area contributed by atoms with E-state index < -0.39 is 0 Å². The monoisotopic (exact) mass is 338 g/mol. The van der Waals surface area contributed by atoms with Crippen LogP contribution in [0, 0.1) is 20.8 Å². The van der Waals surface area contributed by atoms with E-state index in [2.05, 4.69) is 42.3 Å². The van der Waals surface area contributed by atoms with Crippen LogP contribution in [0.3, 0.4) is 0 Å². The number of carbonyl (C=O) groups excluding carboxylic acids is 1. The van der Waals surface area contributed by atoms with Crippen LogP contribution in [0.5, 0.6) is 0 Å². The van der Waals surface area contributed by atoms with E-state index in [9.17, 15) is 4.79 Å². The van der Waals surface area contributed by atoms with Gasteiger partial charge in [-0.05, 0) is 56.2 Å². The number of hydrogen-bond acceptors (Lipinski definition) is 4. The highest BCUT2D eigenvalue weighted by Crippen LogP contribution is 2.31. The summed E-state index contributed by atoms with van der Waals surface area (Å²) in [5.41, 5.74) is 4.46. The molecule has 0 fully saturated rings. The molecule has 24 heavy (non-hydrogen) atoms. The van der Waals surface area contributed by atoms with E-state index in [0.29, 0.717) is 10.9 Å². The smallest absolute Gasteiger partial charge is 0.250 e. The average molecular weight is 338 g/mol. The number of hydrogen-bond donors (Lipinski definition) is 1. The Morgan fingerprint density at radius 2 is 2.04 bits per heavy atom. The molecule has 0 spiro atoms. The number of aromatic nitrogens is 1. The highest BCUT2D eigenvalue weighted by Gasteiger charge is 2.11. The molecule has 3 rings (SSSR count). The Morgan fingerprint density at radius 1 is 1.21 bits per heavy atom. The number of amides is 1. The highest BCUT2D eigenvalue weighted by molar-refractivity contribution is 7.16. The second-order valence-electron chi connectivity index (χ2n) is 5.56. The van der Waals surface area contributed by atoms with Gasteiger partial charge in [0, 0.05) is 16.5 Å². The first-order chi connectivity index (χ1) is 11.5. The summed E-state index contributed by atoms with van der Waals surface area (Å²) < 4.78 is 5.16. The molecule has 0 unspecified atom stereocenters. The lowest BCUT2D eigenvalue weighted by Crippen LogP contribution is -2.07. The summed E-state index contributed by atoms with van der Waals surface area (Å²) in [5.74, 6) is 0.406. The Morgan fingerprint density at radius 3 is 2.75 bits per heavy atom. The largest absolute Gasteiger partial charge is 0.465 e. The molecule has 0 aliphatic rings. The molecule has 1 aromatic carbocycles. The Kier molecular flexibility index (Phi) is 4.62. The van der Waals surface area contributed by atoms with Gasteiger partial charge in [0.2, 0.25) is 5.91 Å². The second kappa shape index (κ2) is 6.84. The molecule has 1 amide bonds. The summed E-state index contributed by atoms with van der Waals surface area (Å²) in [6.45, 7) is 6.18. The maximum atomic E-state index is 12.0. The number of carbonyl (C=O) groups is 1. The van der Waals surface area contributed by atoms with Crippen LogP contribution < -0.4 is 5.32 Å². The summed E-state index contributed by atoms with van der Waals surface area (Å²) in [5, 5.41) is 3.39. The molecule has 3 aromatic rings. The van der Waals surface area contributed by atoms with Gasteiger partial charge in [-0.25, -0.2) is 4.98 Å². The zero-order valence-corrected chi connectivity index (χ0v) is 14.6. The molecule has 0 bridgehead atoms. The van der Waals surface area contributed by atoms with Crippen molar-refractivity contribution in [1.29, 1.82) is 0 Å². The van der Waals surface area contributed by atoms with E-state index in [4.69, 9.17) is 4.42 Å². The van der Waals surface area contributed by atoms with Crippen LogP contribution in [-0.2, 0) is 4.79 Å². The van der Waals surface area contributed by atoms with Crippen LogP contribution >= 0.6 is 11.3 Å². The highest BCUT2D eigenvalue weighted by atomic mass is 32.1. The van der Waals surface area contributed by atoms with E-state index in [-0.39, 0.29) is 5.91 Å². The minimum absolute atomic E-state index is 0.230. The molecular formula is C19H18N2O2S. The Hall–Kier alpha value is -2.66. The van der Waals surface area contributed by atoms with Crippen molar-refractivity contribution in [2.75, 3.05) is 5.32 Å². The van der Waals surface area contributed by atoms with Crippen LogP contribution in [0.15, 0.2) is 47.1 Å². The van der Waals surface area contributed by atoms with Crippen molar-refractivity contribution in [3.8, 4) is 11.3 Å². The molecule has 2 heterocycles. The number of benzene rings is 1. The Balaban J connectivity index is 1.76. The van der Waals surface area contributed by atoms with E-state index in [1.807, 2.05) is 6.92 Å². The molecule has 1 N–H and O–H groups in total. The summed E-state index contributed by atoms with van der Waals surface area (Å²) >= 11 is 1.47. The number of anilines is 1. The summed E-state index contributed by atoms with van der Waals surface area (Å²) in [6.07, 6.45) is 4.63. The fourth-order valence-corrected chi connectivity index (χ4v) is 3.14. The van der Waals surface area contributed by atoms with Gasteiger partial charge < -0.3 is 4.42 Å². The molecule has 0 radical (unpaired) electrons. The Bertz CT molecular complexity index is 892. The number of nitrogens with one attached hydrogen (secondary N) is 1. The van der Waals surface area contributed by atoms with Gasteiger partial charge in [-0.2, -0.15) is 0 Å². The van der Waals surface area contributed by atoms with Crippen molar-refractivity contribution < 1.29 is 9.21 Å². The van der Waals surface area contributed by atoms with Gasteiger partial charge in [0.1, 0.15) is 5.76 Å². The molecule has 5 heteroatoms. The average Bonchev–Trinajstić information content (AvgIpc) is 3.18. The fourth-order valence-electron chi connectivity index (χ4n) is 2.30. The molecular weight excluding hydrogens is 320 g/mol. The van der Waals surface area contributed by atoms with Gasteiger partial charge in [0.05, 0.1) is 12.0 Å². The van der Waals surface area contributed by atoms with Crippen molar-refractivity contribution >= 4 is 28.5 Å². The van der Waals surface area contributed by atoms with E-state index in [1.165, 1.54) is 28.5 Å². The third kappa shape index (κ3) is 3.63. The second-order valence-corrected chi connectivity index (χ2v) is 6.76. The van der Waals surface area contributed by atoms with Crippen LogP contribution in [0.1, 0.15) is 21.8 Å². The van der Waals surface area contributed by atoms with Gasteiger partial charge in [-0.1, -0.05) is 12.1 Å². The molecule has 0 atom stereocenters. The first kappa shape index (κ1) is 16.2. The van der Waals surface area contributed by atoms with Gasteiger partial charge in [-0.15, -0.1) is 11.3 Å². The standard InChI is InChI=1S/C19H18N2O2S/c1-12-6-7-15(11-13(12)2)18-14(3)24-19(21-18)20-17(22)9-8-16-5-4-10-23-16/h4-11H,1-3H3,(H,20,21,22)/b9-8+. The first-order valence-corrected chi connectivity index (χ1v) is 8.42. The third-order valence-electron chi connectivity index (χ3n) is 3.75. The third-order valence-corrected chi connectivity index (χ3v) is 4.64. The molecule has 122 valence electrons. The van der Waals surface area contributed by atoms with Gasteiger partial charge in [-0.3, -0.25) is 10.1 Å². The van der Waals surface area contributed by atoms with E-state index >= 15 is 0 Å². The van der Waals surface area contributed by atoms with Crippen LogP contribution in [-0.4, -0.2) is 10.9 Å². The quantitative estimate of drug-likeness (QED) is 0.683. The predicted octanol–water partition coefficient (Wildman–Crippen LogP) is 4.98. The molecule has 0 aliphatic heterocycles. The lowest BCUT2D eigenvalue weighted by molar-refractivity contribution is -0.111. The normalized spacial score (nSPS) is 11.1. The van der Waals surface area contributed by atoms with Crippen molar-refractivity contribution in [3.63, 3.8) is 0 Å². The van der Waals surface area contributed by atoms with Crippen LogP contribution in [0.2, 0.25) is 0 Å². The van der Waals surface area contributed by atoms with Gasteiger partial charge in [0.15, 0.2) is 5.13 Å². The minimum atomic E-state index is -0.230. The van der Waals surface area contributed by atoms with Crippen molar-refractivity contribution in [2.24, 2.45) is 0 Å². The van der Waals surface area contributed by atoms with Crippen LogP contribution in [0.25, 0.3) is 17.3 Å². The zero-order chi connectivity index (χ0) is 17.1. The lowest BCUT2D eigenvalue weighted by Gasteiger charge is -2.03. The van der Waals surface area contributed by atoms with E-state index in [0.717, 1.165) is 16.1 Å². The zero-order valence-electron chi connectivity index (χ0n) is 13.8. The summed E-state index contributed by atoms with van der Waals surface area (Å²) in [7, 11) is 0. The number of rotatable bonds is 4. The number of aryl methyl sites for hydroxylation is 3. The lowest BCUT2D eigenvalue weighted by atomic mass is 10.0. The first-order valence-electron chi connectivity index (χ1n) is 7.60. The predicted molar refractivity (Wildman–Crippen MR) is 98.1 cm³/mol. The SMILES string of the molecule is Cc1ccc(-c2nc(NC(=O)/C=C/c3ccco3)sc2C)cc1C. The topological polar surface area (TPSA) is 55.1 Å². The van der Waals surface area contributed by atoms with E-state index in [1.54, 1.807) is 24.5 Å². The molecule has 2 aromatic heterocycles. The maximum absolute atomic E-state index is 12.0. The van der Waals surface area contributed by atoms with Crippen LogP contribution in [0.4, 0.5) is 5.13 Å². The van der Waals surface area contributed by atoms with Gasteiger partial charge in [0.25, 0.3) is 0 Å². The summed E-state index contributed by atoms with van der Waals surface area (Å²) in [4.78, 5) is 17.6. The molecule has 4 nitrogen and oxygen atoms in total. The van der Waals surface area contributed by atoms with Crippen molar-refractivity contribution in [2.45, 2.75) is 20.8 Å². The molecule has 0 aliphatic carbocycles.